The molecule has 31 heavy (non-hydrogen) atoms. The van der Waals surface area contributed by atoms with E-state index in [1.54, 1.807) is 30.3 Å². The highest BCUT2D eigenvalue weighted by atomic mass is 31.2. The van der Waals surface area contributed by atoms with E-state index >= 15 is 0 Å². The lowest BCUT2D eigenvalue weighted by Crippen LogP contribution is -2.23. The third-order valence-electron chi connectivity index (χ3n) is 5.82. The second-order valence-corrected chi connectivity index (χ2v) is 11.1. The molecule has 3 rings (SSSR count). The minimum Gasteiger partial charge on any atom is -0.302 e. The van der Waals surface area contributed by atoms with E-state index in [0.29, 0.717) is 10.9 Å². The van der Waals surface area contributed by atoms with E-state index in [4.69, 9.17) is 0 Å². The Balaban J connectivity index is 2.17. The summed E-state index contributed by atoms with van der Waals surface area (Å²) in [5.74, 6) is 0. The van der Waals surface area contributed by atoms with Crippen LogP contribution in [-0.4, -0.2) is 11.0 Å². The fourth-order valence-corrected chi connectivity index (χ4v) is 6.83. The van der Waals surface area contributed by atoms with Gasteiger partial charge in [-0.2, -0.15) is 0 Å². The average Bonchev–Trinajstić information content (AvgIpc) is 2.69. The summed E-state index contributed by atoms with van der Waals surface area (Å²) in [5, 5.41) is 0.298. The Morgan fingerprint density at radius 3 is 1.65 bits per heavy atom. The molecule has 0 bridgehead atoms. The fraction of sp³-hybridized carbons (Fsp3) is 0.259. The second-order valence-electron chi connectivity index (χ2n) is 8.47. The van der Waals surface area contributed by atoms with Gasteiger partial charge in [0.15, 0.2) is 0 Å². The first kappa shape index (κ1) is 22.9. The monoisotopic (exact) mass is 432 g/mol. The molecule has 0 radical (unpaired) electrons. The highest BCUT2D eigenvalue weighted by Crippen LogP contribution is 2.50. The van der Waals surface area contributed by atoms with Crippen LogP contribution in [0.2, 0.25) is 0 Å². The van der Waals surface area contributed by atoms with E-state index in [2.05, 4.69) is 0 Å². The molecule has 0 N–H and O–H groups in total. The lowest BCUT2D eigenvalue weighted by molar-refractivity contribution is -0.111. The average molecular weight is 433 g/mol. The van der Waals surface area contributed by atoms with Gasteiger partial charge in [-0.25, -0.2) is 0 Å². The third-order valence-corrected chi connectivity index (χ3v) is 8.50. The van der Waals surface area contributed by atoms with Crippen LogP contribution in [0.15, 0.2) is 54.6 Å². The second kappa shape index (κ2) is 8.77. The van der Waals surface area contributed by atoms with Gasteiger partial charge in [-0.05, 0) is 69.4 Å². The molecule has 0 saturated carbocycles. The molecule has 3 nitrogen and oxygen atoms in total. The van der Waals surface area contributed by atoms with Crippen molar-refractivity contribution in [1.82, 2.24) is 0 Å². The maximum Gasteiger partial charge on any atom is 0.244 e. The molecular weight excluding hydrogens is 403 g/mol. The first-order valence-electron chi connectivity index (χ1n) is 10.4. The summed E-state index contributed by atoms with van der Waals surface area (Å²) in [4.78, 5) is 27.4. The quantitative estimate of drug-likeness (QED) is 0.440. The number of aryl methyl sites for hydroxylation is 6. The number of rotatable bonds is 6. The summed E-state index contributed by atoms with van der Waals surface area (Å²) in [5.41, 5.74) is 5.72. The molecule has 1 unspecified atom stereocenters. The van der Waals surface area contributed by atoms with Crippen molar-refractivity contribution in [2.24, 2.45) is 0 Å². The molecule has 0 aliphatic carbocycles. The van der Waals surface area contributed by atoms with Crippen molar-refractivity contribution in [2.45, 2.75) is 48.0 Å². The summed E-state index contributed by atoms with van der Waals surface area (Å²) in [6.45, 7) is 11.5. The Morgan fingerprint density at radius 2 is 1.16 bits per heavy atom. The molecule has 0 fully saturated rings. The minimum absolute atomic E-state index is 0.0280. The number of benzene rings is 3. The molecule has 3 aromatic rings. The molecule has 0 saturated heterocycles. The molecule has 0 amide bonds. The summed E-state index contributed by atoms with van der Waals surface area (Å²) in [7, 11) is -4.04. The lowest BCUT2D eigenvalue weighted by Gasteiger charge is -2.20. The van der Waals surface area contributed by atoms with Crippen LogP contribution < -0.4 is 5.30 Å². The summed E-state index contributed by atoms with van der Waals surface area (Å²) in [6.07, 6.45) is -0.0280. The highest BCUT2D eigenvalue weighted by Gasteiger charge is 2.43. The third kappa shape index (κ3) is 4.34. The van der Waals surface area contributed by atoms with Crippen LogP contribution in [-0.2, 0) is 15.8 Å². The lowest BCUT2D eigenvalue weighted by atomic mass is 9.98. The van der Waals surface area contributed by atoms with Crippen LogP contribution in [0.3, 0.4) is 0 Å². The Bertz CT molecular complexity index is 1180. The van der Waals surface area contributed by atoms with Crippen LogP contribution >= 0.6 is 7.14 Å². The van der Waals surface area contributed by atoms with Gasteiger partial charge < -0.3 is 4.57 Å². The zero-order valence-electron chi connectivity index (χ0n) is 19.1. The fourth-order valence-electron chi connectivity index (χ4n) is 4.44. The van der Waals surface area contributed by atoms with Crippen LogP contribution in [0.5, 0.6) is 0 Å². The summed E-state index contributed by atoms with van der Waals surface area (Å²) >= 11 is 0. The number of hydrogen-bond donors (Lipinski definition) is 0. The van der Waals surface area contributed by atoms with E-state index < -0.39 is 18.2 Å². The molecule has 3 aromatic carbocycles. The van der Waals surface area contributed by atoms with Crippen LogP contribution in [0.1, 0.15) is 49.3 Å². The Morgan fingerprint density at radius 1 is 0.710 bits per heavy atom. The van der Waals surface area contributed by atoms with Gasteiger partial charge in [0.2, 0.25) is 18.2 Å². The van der Waals surface area contributed by atoms with Crippen LogP contribution in [0, 0.1) is 41.5 Å². The van der Waals surface area contributed by atoms with Crippen molar-refractivity contribution in [3.8, 4) is 0 Å². The van der Waals surface area contributed by atoms with Gasteiger partial charge in [-0.3, -0.25) is 9.59 Å². The summed E-state index contributed by atoms with van der Waals surface area (Å²) < 4.78 is 14.4. The topological polar surface area (TPSA) is 51.2 Å². The standard InChI is InChI=1S/C27H29O3P/c1-17-12-19(3)24(20(4)13-17)16-25(28)31(30,23-10-8-7-9-11-23)27(29)26-21(5)14-18(2)15-22(26)6/h7-15H,16H2,1-6H3. The Labute approximate surface area is 184 Å². The Kier molecular flexibility index (Phi) is 6.48. The van der Waals surface area contributed by atoms with E-state index in [1.807, 2.05) is 65.8 Å². The smallest absolute Gasteiger partial charge is 0.244 e. The SMILES string of the molecule is Cc1cc(C)c(CC(=O)P(=O)(C(=O)c2c(C)cc(C)cc2C)c2ccccc2)c(C)c1. The van der Waals surface area contributed by atoms with Crippen molar-refractivity contribution in [3.05, 3.63) is 99.1 Å². The van der Waals surface area contributed by atoms with Crippen molar-refractivity contribution < 1.29 is 14.2 Å². The van der Waals surface area contributed by atoms with Gasteiger partial charge in [0.25, 0.3) is 0 Å². The molecule has 1 atom stereocenters. The van der Waals surface area contributed by atoms with Crippen LogP contribution in [0.4, 0.5) is 0 Å². The zero-order valence-corrected chi connectivity index (χ0v) is 20.0. The molecule has 0 spiro atoms. The van der Waals surface area contributed by atoms with Gasteiger partial charge in [-0.1, -0.05) is 65.7 Å². The van der Waals surface area contributed by atoms with Gasteiger partial charge in [-0.15, -0.1) is 0 Å². The molecule has 160 valence electrons. The Hall–Kier alpha value is -2.77. The maximum atomic E-state index is 14.4. The van der Waals surface area contributed by atoms with Gasteiger partial charge >= 0.3 is 0 Å². The number of carbonyl (C=O) groups excluding carboxylic acids is 2. The number of hydrogen-bond acceptors (Lipinski definition) is 3. The first-order valence-corrected chi connectivity index (χ1v) is 12.1. The zero-order chi connectivity index (χ0) is 22.9. The van der Waals surface area contributed by atoms with Gasteiger partial charge in [0.05, 0.1) is 0 Å². The van der Waals surface area contributed by atoms with Gasteiger partial charge in [0, 0.05) is 17.3 Å². The first-order chi connectivity index (χ1) is 14.6. The largest absolute Gasteiger partial charge is 0.302 e. The molecular formula is C27H29O3P. The van der Waals surface area contributed by atoms with Crippen LogP contribution in [0.25, 0.3) is 0 Å². The molecule has 0 aromatic heterocycles. The predicted molar refractivity (Wildman–Crippen MR) is 128 cm³/mol. The van der Waals surface area contributed by atoms with E-state index in [-0.39, 0.29) is 6.42 Å². The van der Waals surface area contributed by atoms with Gasteiger partial charge in [0.1, 0.15) is 0 Å². The van der Waals surface area contributed by atoms with Crippen molar-refractivity contribution in [1.29, 1.82) is 0 Å². The van der Waals surface area contributed by atoms with E-state index in [1.165, 1.54) is 0 Å². The molecule has 0 heterocycles. The molecule has 0 aliphatic rings. The predicted octanol–water partition coefficient (Wildman–Crippen LogP) is 6.14. The normalized spacial score (nSPS) is 13.0. The van der Waals surface area contributed by atoms with E-state index in [9.17, 15) is 14.2 Å². The van der Waals surface area contributed by atoms with Crippen molar-refractivity contribution in [3.63, 3.8) is 0 Å². The summed E-state index contributed by atoms with van der Waals surface area (Å²) in [6, 6.07) is 16.3. The number of carbonyl (C=O) groups is 2. The molecule has 0 aliphatic heterocycles. The maximum absolute atomic E-state index is 14.4. The van der Waals surface area contributed by atoms with Crippen molar-refractivity contribution >= 4 is 23.5 Å². The van der Waals surface area contributed by atoms with Crippen molar-refractivity contribution in [2.75, 3.05) is 0 Å². The van der Waals surface area contributed by atoms with E-state index in [0.717, 1.165) is 38.9 Å². The minimum atomic E-state index is -4.04. The highest BCUT2D eigenvalue weighted by molar-refractivity contribution is 8.00. The molecule has 4 heteroatoms.